The van der Waals surface area contributed by atoms with Gasteiger partial charge in [-0.1, -0.05) is 0 Å². The van der Waals surface area contributed by atoms with E-state index in [4.69, 9.17) is 4.74 Å². The summed E-state index contributed by atoms with van der Waals surface area (Å²) in [6, 6.07) is 0.744. The van der Waals surface area contributed by atoms with Gasteiger partial charge in [-0.15, -0.1) is 0 Å². The summed E-state index contributed by atoms with van der Waals surface area (Å²) in [7, 11) is 0. The SMILES string of the molecule is C[C@@H](O)C1CCN(C2CCOCC2)CC1. The van der Waals surface area contributed by atoms with E-state index in [0.717, 1.165) is 32.1 Å². The van der Waals surface area contributed by atoms with E-state index in [1.807, 2.05) is 6.92 Å². The molecule has 3 nitrogen and oxygen atoms in total. The Morgan fingerprint density at radius 2 is 1.73 bits per heavy atom. The molecule has 88 valence electrons. The zero-order valence-electron chi connectivity index (χ0n) is 9.69. The largest absolute Gasteiger partial charge is 0.393 e. The number of ether oxygens (including phenoxy) is 1. The van der Waals surface area contributed by atoms with Crippen LogP contribution in [0.3, 0.4) is 0 Å². The molecule has 2 aliphatic rings. The Bertz CT molecular complexity index is 182. The fraction of sp³-hybridized carbons (Fsp3) is 1.00. The van der Waals surface area contributed by atoms with Gasteiger partial charge in [-0.05, 0) is 51.6 Å². The van der Waals surface area contributed by atoms with Gasteiger partial charge in [0.15, 0.2) is 0 Å². The quantitative estimate of drug-likeness (QED) is 0.749. The van der Waals surface area contributed by atoms with Gasteiger partial charge in [-0.25, -0.2) is 0 Å². The normalized spacial score (nSPS) is 29.2. The highest BCUT2D eigenvalue weighted by Crippen LogP contribution is 2.24. The van der Waals surface area contributed by atoms with Crippen molar-refractivity contribution in [2.75, 3.05) is 26.3 Å². The van der Waals surface area contributed by atoms with Crippen LogP contribution in [-0.4, -0.2) is 48.5 Å². The molecule has 0 aromatic heterocycles. The number of piperidine rings is 1. The lowest BCUT2D eigenvalue weighted by atomic mass is 9.90. The van der Waals surface area contributed by atoms with Crippen LogP contribution in [0, 0.1) is 5.92 Å². The van der Waals surface area contributed by atoms with Crippen LogP contribution in [0.1, 0.15) is 32.6 Å². The predicted octanol–water partition coefficient (Wildman–Crippen LogP) is 1.26. The molecule has 2 rings (SSSR count). The topological polar surface area (TPSA) is 32.7 Å². The third kappa shape index (κ3) is 2.92. The second kappa shape index (κ2) is 5.28. The molecule has 0 aromatic carbocycles. The van der Waals surface area contributed by atoms with Crippen LogP contribution in [-0.2, 0) is 4.74 Å². The lowest BCUT2D eigenvalue weighted by molar-refractivity contribution is 0.00630. The molecule has 2 saturated heterocycles. The minimum atomic E-state index is -0.123. The van der Waals surface area contributed by atoms with Crippen molar-refractivity contribution in [2.45, 2.75) is 44.8 Å². The monoisotopic (exact) mass is 213 g/mol. The molecule has 2 fully saturated rings. The molecule has 0 radical (unpaired) electrons. The van der Waals surface area contributed by atoms with Gasteiger partial charge >= 0.3 is 0 Å². The van der Waals surface area contributed by atoms with Crippen LogP contribution >= 0.6 is 0 Å². The predicted molar refractivity (Wildman–Crippen MR) is 59.8 cm³/mol. The lowest BCUT2D eigenvalue weighted by Gasteiger charge is -2.39. The zero-order chi connectivity index (χ0) is 10.7. The smallest absolute Gasteiger partial charge is 0.0541 e. The number of likely N-dealkylation sites (tertiary alicyclic amines) is 1. The first-order chi connectivity index (χ1) is 7.27. The summed E-state index contributed by atoms with van der Waals surface area (Å²) in [6.45, 7) is 6.12. The van der Waals surface area contributed by atoms with Crippen molar-refractivity contribution in [2.24, 2.45) is 5.92 Å². The average Bonchev–Trinajstić information content (AvgIpc) is 2.30. The molecule has 2 heterocycles. The van der Waals surface area contributed by atoms with Crippen molar-refractivity contribution in [3.8, 4) is 0 Å². The molecular weight excluding hydrogens is 190 g/mol. The molecule has 0 aliphatic carbocycles. The van der Waals surface area contributed by atoms with Gasteiger partial charge in [0.25, 0.3) is 0 Å². The maximum Gasteiger partial charge on any atom is 0.0541 e. The summed E-state index contributed by atoms with van der Waals surface area (Å²) in [5, 5.41) is 9.54. The molecule has 0 saturated carbocycles. The fourth-order valence-corrected chi connectivity index (χ4v) is 2.82. The Balaban J connectivity index is 1.77. The van der Waals surface area contributed by atoms with Gasteiger partial charge in [0.05, 0.1) is 6.10 Å². The van der Waals surface area contributed by atoms with Gasteiger partial charge in [-0.3, -0.25) is 0 Å². The summed E-state index contributed by atoms with van der Waals surface area (Å²) < 4.78 is 5.38. The van der Waals surface area contributed by atoms with E-state index in [1.165, 1.54) is 25.9 Å². The standard InChI is InChI=1S/C12H23NO2/c1-10(14)11-2-6-13(7-3-11)12-4-8-15-9-5-12/h10-12,14H,2-9H2,1H3/t10-/m1/s1. The van der Waals surface area contributed by atoms with Crippen LogP contribution in [0.15, 0.2) is 0 Å². The number of hydrogen-bond acceptors (Lipinski definition) is 3. The molecule has 0 amide bonds. The van der Waals surface area contributed by atoms with Gasteiger partial charge in [0.2, 0.25) is 0 Å². The van der Waals surface area contributed by atoms with E-state index in [-0.39, 0.29) is 6.10 Å². The Hall–Kier alpha value is -0.120. The fourth-order valence-electron chi connectivity index (χ4n) is 2.82. The number of aliphatic hydroxyl groups is 1. The summed E-state index contributed by atoms with van der Waals surface area (Å²) in [6.07, 6.45) is 4.59. The molecule has 1 N–H and O–H groups in total. The van der Waals surface area contributed by atoms with Gasteiger partial charge in [0, 0.05) is 19.3 Å². The number of aliphatic hydroxyl groups excluding tert-OH is 1. The lowest BCUT2D eigenvalue weighted by Crippen LogP contribution is -2.45. The zero-order valence-corrected chi connectivity index (χ0v) is 9.69. The maximum atomic E-state index is 9.54. The molecule has 0 aromatic rings. The van der Waals surface area contributed by atoms with Crippen LogP contribution in [0.4, 0.5) is 0 Å². The first-order valence-electron chi connectivity index (χ1n) is 6.27. The Morgan fingerprint density at radius 3 is 2.27 bits per heavy atom. The van der Waals surface area contributed by atoms with E-state index < -0.39 is 0 Å². The van der Waals surface area contributed by atoms with Gasteiger partial charge in [-0.2, -0.15) is 0 Å². The summed E-state index contributed by atoms with van der Waals surface area (Å²) >= 11 is 0. The molecule has 3 heteroatoms. The molecular formula is C12H23NO2. The van der Waals surface area contributed by atoms with Gasteiger partial charge in [0.1, 0.15) is 0 Å². The van der Waals surface area contributed by atoms with Crippen LogP contribution in [0.2, 0.25) is 0 Å². The minimum Gasteiger partial charge on any atom is -0.393 e. The van der Waals surface area contributed by atoms with Crippen LogP contribution in [0.25, 0.3) is 0 Å². The van der Waals surface area contributed by atoms with Crippen molar-refractivity contribution < 1.29 is 9.84 Å². The summed E-state index contributed by atoms with van der Waals surface area (Å²) in [5.41, 5.74) is 0. The average molecular weight is 213 g/mol. The van der Waals surface area contributed by atoms with Crippen molar-refractivity contribution >= 4 is 0 Å². The summed E-state index contributed by atoms with van der Waals surface area (Å²) in [5.74, 6) is 0.529. The van der Waals surface area contributed by atoms with Crippen molar-refractivity contribution in [1.82, 2.24) is 4.90 Å². The van der Waals surface area contributed by atoms with Crippen LogP contribution in [0.5, 0.6) is 0 Å². The Morgan fingerprint density at radius 1 is 1.13 bits per heavy atom. The highest BCUT2D eigenvalue weighted by Gasteiger charge is 2.27. The molecule has 15 heavy (non-hydrogen) atoms. The highest BCUT2D eigenvalue weighted by molar-refractivity contribution is 4.81. The number of nitrogens with zero attached hydrogens (tertiary/aromatic N) is 1. The Labute approximate surface area is 92.4 Å². The molecule has 0 unspecified atom stereocenters. The van der Waals surface area contributed by atoms with Gasteiger partial charge < -0.3 is 14.7 Å². The van der Waals surface area contributed by atoms with E-state index in [0.29, 0.717) is 5.92 Å². The van der Waals surface area contributed by atoms with Crippen LogP contribution < -0.4 is 0 Å². The third-order valence-electron chi connectivity index (χ3n) is 3.96. The number of hydrogen-bond donors (Lipinski definition) is 1. The molecule has 2 aliphatic heterocycles. The number of rotatable bonds is 2. The van der Waals surface area contributed by atoms with E-state index in [9.17, 15) is 5.11 Å². The first kappa shape index (κ1) is 11.4. The molecule has 0 spiro atoms. The minimum absolute atomic E-state index is 0.123. The third-order valence-corrected chi connectivity index (χ3v) is 3.96. The van der Waals surface area contributed by atoms with E-state index >= 15 is 0 Å². The maximum absolute atomic E-state index is 9.54. The summed E-state index contributed by atoms with van der Waals surface area (Å²) in [4.78, 5) is 2.60. The highest BCUT2D eigenvalue weighted by atomic mass is 16.5. The first-order valence-corrected chi connectivity index (χ1v) is 6.27. The van der Waals surface area contributed by atoms with Crippen molar-refractivity contribution in [3.05, 3.63) is 0 Å². The van der Waals surface area contributed by atoms with E-state index in [1.54, 1.807) is 0 Å². The molecule has 0 bridgehead atoms. The Kier molecular flexibility index (Phi) is 4.00. The molecule has 1 atom stereocenters. The second-order valence-electron chi connectivity index (χ2n) is 4.96. The van der Waals surface area contributed by atoms with Crippen molar-refractivity contribution in [3.63, 3.8) is 0 Å². The second-order valence-corrected chi connectivity index (χ2v) is 4.96. The van der Waals surface area contributed by atoms with E-state index in [2.05, 4.69) is 4.90 Å². The van der Waals surface area contributed by atoms with Crippen molar-refractivity contribution in [1.29, 1.82) is 0 Å².